The molecule has 0 atom stereocenters. The van der Waals surface area contributed by atoms with Gasteiger partial charge in [0.2, 0.25) is 23.0 Å². The average Bonchev–Trinajstić information content (AvgIpc) is 2.62. The summed E-state index contributed by atoms with van der Waals surface area (Å²) >= 11 is 0. The minimum Gasteiger partial charge on any atom is -0.508 e. The van der Waals surface area contributed by atoms with E-state index in [2.05, 4.69) is 0 Å². The number of benzene rings is 3. The third-order valence-corrected chi connectivity index (χ3v) is 3.89. The summed E-state index contributed by atoms with van der Waals surface area (Å²) in [5.74, 6) is -1.87. The van der Waals surface area contributed by atoms with Crippen LogP contribution in [0.5, 0.6) is 69.0 Å². The minimum atomic E-state index is -0.483. The fourth-order valence-corrected chi connectivity index (χ4v) is 2.73. The first-order chi connectivity index (χ1) is 13.4. The molecular weight excluding hydrogens is 372 g/mol. The van der Waals surface area contributed by atoms with Crippen LogP contribution < -0.4 is 18.9 Å². The molecule has 0 spiro atoms. The molecule has 1 aliphatic rings. The van der Waals surface area contributed by atoms with E-state index in [0.717, 1.165) is 12.1 Å². The van der Waals surface area contributed by atoms with Gasteiger partial charge >= 0.3 is 0 Å². The molecule has 0 radical (unpaired) electrons. The third kappa shape index (κ3) is 2.84. The molecule has 1 aliphatic heterocycles. The summed E-state index contributed by atoms with van der Waals surface area (Å²) in [6.07, 6.45) is 0. The van der Waals surface area contributed by atoms with E-state index in [-0.39, 0.29) is 57.5 Å². The Labute approximate surface area is 157 Å². The Morgan fingerprint density at radius 2 is 1.36 bits per heavy atom. The van der Waals surface area contributed by atoms with Crippen LogP contribution >= 0.6 is 0 Å². The largest absolute Gasteiger partial charge is 0.508 e. The highest BCUT2D eigenvalue weighted by molar-refractivity contribution is 5.72. The number of methoxy groups -OCH3 is 1. The van der Waals surface area contributed by atoms with Gasteiger partial charge in [0, 0.05) is 36.4 Å². The molecule has 0 aromatic heterocycles. The van der Waals surface area contributed by atoms with Crippen LogP contribution in [0.25, 0.3) is 0 Å². The van der Waals surface area contributed by atoms with E-state index in [1.807, 2.05) is 0 Å². The molecule has 9 nitrogen and oxygen atoms in total. The normalized spacial score (nSPS) is 11.6. The Balaban J connectivity index is 1.84. The molecule has 0 fully saturated rings. The van der Waals surface area contributed by atoms with Crippen LogP contribution in [0, 0.1) is 0 Å². The zero-order valence-electron chi connectivity index (χ0n) is 14.3. The summed E-state index contributed by atoms with van der Waals surface area (Å²) in [5.41, 5.74) is 0. The van der Waals surface area contributed by atoms with Crippen molar-refractivity contribution in [1.29, 1.82) is 0 Å². The number of rotatable bonds is 3. The van der Waals surface area contributed by atoms with Crippen molar-refractivity contribution in [3.05, 3.63) is 36.4 Å². The molecule has 5 N–H and O–H groups in total. The summed E-state index contributed by atoms with van der Waals surface area (Å²) in [7, 11) is 1.36. The van der Waals surface area contributed by atoms with Crippen molar-refractivity contribution in [3.63, 3.8) is 0 Å². The predicted molar refractivity (Wildman–Crippen MR) is 94.4 cm³/mol. The summed E-state index contributed by atoms with van der Waals surface area (Å²) in [4.78, 5) is 0. The molecule has 0 saturated carbocycles. The maximum atomic E-state index is 10.2. The first-order valence-corrected chi connectivity index (χ1v) is 7.92. The van der Waals surface area contributed by atoms with Crippen LogP contribution in [0.1, 0.15) is 0 Å². The summed E-state index contributed by atoms with van der Waals surface area (Å²) in [6, 6.07) is 7.05. The Kier molecular flexibility index (Phi) is 3.85. The lowest BCUT2D eigenvalue weighted by molar-refractivity contribution is 0.295. The second-order valence-corrected chi connectivity index (χ2v) is 5.87. The number of phenols is 5. The van der Waals surface area contributed by atoms with Crippen LogP contribution in [-0.2, 0) is 0 Å². The van der Waals surface area contributed by atoms with Crippen LogP contribution in [0.3, 0.4) is 0 Å². The molecule has 1 heterocycles. The molecule has 0 amide bonds. The van der Waals surface area contributed by atoms with Crippen molar-refractivity contribution < 1.29 is 44.5 Å². The second-order valence-electron chi connectivity index (χ2n) is 5.87. The number of hydrogen-bond acceptors (Lipinski definition) is 9. The monoisotopic (exact) mass is 386 g/mol. The Morgan fingerprint density at radius 3 is 2.04 bits per heavy atom. The molecule has 0 bridgehead atoms. The van der Waals surface area contributed by atoms with Gasteiger partial charge in [-0.25, -0.2) is 0 Å². The van der Waals surface area contributed by atoms with Crippen LogP contribution in [0.15, 0.2) is 36.4 Å². The highest BCUT2D eigenvalue weighted by Gasteiger charge is 2.31. The molecule has 28 heavy (non-hydrogen) atoms. The van der Waals surface area contributed by atoms with Crippen molar-refractivity contribution in [1.82, 2.24) is 0 Å². The molecule has 4 rings (SSSR count). The van der Waals surface area contributed by atoms with Crippen molar-refractivity contribution in [2.75, 3.05) is 7.11 Å². The van der Waals surface area contributed by atoms with Gasteiger partial charge in [0.25, 0.3) is 0 Å². The fourth-order valence-electron chi connectivity index (χ4n) is 2.73. The highest BCUT2D eigenvalue weighted by atomic mass is 16.6. The Bertz CT molecular complexity index is 1070. The lowest BCUT2D eigenvalue weighted by atomic mass is 10.2. The molecule has 0 aliphatic carbocycles. The van der Waals surface area contributed by atoms with Crippen molar-refractivity contribution in [2.45, 2.75) is 0 Å². The van der Waals surface area contributed by atoms with Crippen LogP contribution in [0.2, 0.25) is 0 Å². The maximum Gasteiger partial charge on any atom is 0.220 e. The summed E-state index contributed by atoms with van der Waals surface area (Å²) in [5, 5.41) is 49.4. The lowest BCUT2D eigenvalue weighted by Gasteiger charge is -2.25. The molecule has 0 unspecified atom stereocenters. The van der Waals surface area contributed by atoms with Gasteiger partial charge in [-0.05, 0) is 0 Å². The van der Waals surface area contributed by atoms with Gasteiger partial charge in [-0.15, -0.1) is 0 Å². The third-order valence-electron chi connectivity index (χ3n) is 3.89. The summed E-state index contributed by atoms with van der Waals surface area (Å²) < 4.78 is 22.1. The van der Waals surface area contributed by atoms with E-state index in [4.69, 9.17) is 18.9 Å². The maximum absolute atomic E-state index is 10.2. The standard InChI is InChI=1S/C19H14O9/c1-25-14-5-10(22)6-15-18(14)28-19-16(12(23)7-13(24)17(19)27-15)26-11-3-8(20)2-9(21)4-11/h2-7,20-24H,1H3. The van der Waals surface area contributed by atoms with Gasteiger partial charge in [-0.3, -0.25) is 0 Å². The van der Waals surface area contributed by atoms with E-state index >= 15 is 0 Å². The van der Waals surface area contributed by atoms with E-state index < -0.39 is 11.5 Å². The van der Waals surface area contributed by atoms with E-state index in [1.165, 1.54) is 31.4 Å². The van der Waals surface area contributed by atoms with Gasteiger partial charge in [-0.2, -0.15) is 0 Å². The van der Waals surface area contributed by atoms with Crippen molar-refractivity contribution in [2.24, 2.45) is 0 Å². The van der Waals surface area contributed by atoms with Crippen LogP contribution in [0.4, 0.5) is 0 Å². The zero-order valence-corrected chi connectivity index (χ0v) is 14.3. The number of phenolic OH excluding ortho intramolecular Hbond substituents is 5. The molecule has 9 heteroatoms. The first kappa shape index (κ1) is 17.3. The zero-order chi connectivity index (χ0) is 20.0. The quantitative estimate of drug-likeness (QED) is 0.355. The average molecular weight is 386 g/mol. The number of hydrogen-bond donors (Lipinski definition) is 5. The predicted octanol–water partition coefficient (Wildman–Crippen LogP) is 3.91. The van der Waals surface area contributed by atoms with Crippen LogP contribution in [-0.4, -0.2) is 32.6 Å². The lowest BCUT2D eigenvalue weighted by Crippen LogP contribution is -2.03. The van der Waals surface area contributed by atoms with Gasteiger partial charge in [0.1, 0.15) is 23.0 Å². The molecular formula is C19H14O9. The Hall–Kier alpha value is -4.14. The van der Waals surface area contributed by atoms with Gasteiger partial charge < -0.3 is 44.5 Å². The van der Waals surface area contributed by atoms with E-state index in [0.29, 0.717) is 0 Å². The van der Waals surface area contributed by atoms with E-state index in [9.17, 15) is 25.5 Å². The van der Waals surface area contributed by atoms with Gasteiger partial charge in [0.15, 0.2) is 23.0 Å². The highest BCUT2D eigenvalue weighted by Crippen LogP contribution is 2.60. The Morgan fingerprint density at radius 1 is 0.679 bits per heavy atom. The molecule has 0 saturated heterocycles. The summed E-state index contributed by atoms with van der Waals surface area (Å²) in [6.45, 7) is 0. The van der Waals surface area contributed by atoms with Gasteiger partial charge in [-0.1, -0.05) is 0 Å². The number of fused-ring (bicyclic) bond motifs is 2. The fraction of sp³-hybridized carbons (Fsp3) is 0.0526. The molecule has 3 aromatic carbocycles. The minimum absolute atomic E-state index is 0.00671. The van der Waals surface area contributed by atoms with E-state index in [1.54, 1.807) is 0 Å². The number of ether oxygens (including phenoxy) is 4. The topological polar surface area (TPSA) is 138 Å². The first-order valence-electron chi connectivity index (χ1n) is 7.92. The molecule has 144 valence electrons. The smallest absolute Gasteiger partial charge is 0.220 e. The molecule has 3 aromatic rings. The number of aromatic hydroxyl groups is 5. The van der Waals surface area contributed by atoms with Crippen molar-refractivity contribution in [3.8, 4) is 69.0 Å². The van der Waals surface area contributed by atoms with Gasteiger partial charge in [0.05, 0.1) is 7.11 Å². The second kappa shape index (κ2) is 6.23. The van der Waals surface area contributed by atoms with Crippen molar-refractivity contribution >= 4 is 0 Å². The SMILES string of the molecule is COc1cc(O)cc2c1Oc1c(Oc3cc(O)cc(O)c3)c(O)cc(O)c1O2.